The van der Waals surface area contributed by atoms with Crippen molar-refractivity contribution in [2.45, 2.75) is 53.1 Å². The summed E-state index contributed by atoms with van der Waals surface area (Å²) in [6, 6.07) is 2.17. The lowest BCUT2D eigenvalue weighted by atomic mass is 10.1. The molecule has 0 saturated carbocycles. The lowest BCUT2D eigenvalue weighted by Gasteiger charge is -2.31. The lowest BCUT2D eigenvalue weighted by molar-refractivity contribution is -0.132. The van der Waals surface area contributed by atoms with Crippen LogP contribution in [0.25, 0.3) is 0 Å². The number of aryl methyl sites for hydroxylation is 2. The normalized spacial score (nSPS) is 16.2. The average molecular weight is 463 g/mol. The number of carbonyl (C=O) groups excluding carboxylic acids is 2. The highest BCUT2D eigenvalue weighted by Crippen LogP contribution is 2.27. The van der Waals surface area contributed by atoms with Crippen LogP contribution >= 0.6 is 0 Å². The molecule has 1 aliphatic heterocycles. The molecule has 0 saturated heterocycles. The highest BCUT2D eigenvalue weighted by atomic mass is 19.2. The molecule has 0 radical (unpaired) electrons. The molecule has 0 spiro atoms. The Morgan fingerprint density at radius 1 is 1.00 bits per heavy atom. The van der Waals surface area contributed by atoms with E-state index < -0.39 is 11.6 Å². The number of halogens is 2. The minimum absolute atomic E-state index is 0.000865. The molecule has 1 aromatic heterocycles. The Hall–Kier alpha value is -2.88. The molecule has 3 rings (SSSR count). The molecule has 1 aromatic carbocycles. The summed E-state index contributed by atoms with van der Waals surface area (Å²) in [5, 5.41) is 4.26. The molecule has 0 N–H and O–H groups in total. The fraction of sp³-hybridized carbons (Fsp3) is 0.565. The maximum atomic E-state index is 14.2. The van der Waals surface area contributed by atoms with Gasteiger partial charge in [-0.2, -0.15) is 5.10 Å². The van der Waals surface area contributed by atoms with Crippen LogP contribution in [-0.2, 0) is 22.7 Å². The molecule has 2 amide bonds. The van der Waals surface area contributed by atoms with Crippen LogP contribution in [0.3, 0.4) is 0 Å². The highest BCUT2D eigenvalue weighted by Gasteiger charge is 2.24. The third kappa shape index (κ3) is 6.13. The van der Waals surface area contributed by atoms with Crippen molar-refractivity contribution in [3.05, 3.63) is 41.0 Å². The first kappa shape index (κ1) is 24.8. The van der Waals surface area contributed by atoms with Crippen LogP contribution in [0.1, 0.15) is 43.4 Å². The van der Waals surface area contributed by atoms with Crippen molar-refractivity contribution in [2.24, 2.45) is 0 Å². The van der Waals surface area contributed by atoms with Gasteiger partial charge in [0.2, 0.25) is 11.8 Å². The Labute approximate surface area is 193 Å². The van der Waals surface area contributed by atoms with Crippen molar-refractivity contribution < 1.29 is 18.4 Å². The van der Waals surface area contributed by atoms with Crippen LogP contribution in [0.2, 0.25) is 0 Å². The van der Waals surface area contributed by atoms with E-state index in [4.69, 9.17) is 0 Å². The summed E-state index contributed by atoms with van der Waals surface area (Å²) in [6.07, 6.45) is 1.67. The topological polar surface area (TPSA) is 74.6 Å². The minimum atomic E-state index is -1.02. The van der Waals surface area contributed by atoms with Gasteiger partial charge in [-0.25, -0.2) is 18.4 Å². The zero-order valence-electron chi connectivity index (χ0n) is 19.8. The van der Waals surface area contributed by atoms with Gasteiger partial charge in [-0.15, -0.1) is 0 Å². The quantitative estimate of drug-likeness (QED) is 0.701. The van der Waals surface area contributed by atoms with Gasteiger partial charge in [0.1, 0.15) is 18.2 Å². The summed E-state index contributed by atoms with van der Waals surface area (Å²) in [7, 11) is 1.99. The van der Waals surface area contributed by atoms with E-state index in [0.717, 1.165) is 31.6 Å². The molecular weight excluding hydrogens is 430 g/mol. The number of benzene rings is 1. The number of rotatable bonds is 3. The standard InChI is InChI=1S/C23H32F2N6O2/c1-5-22(32)30-11-7-9-28(4)8-6-10-29(14-18-12-19(24)20(25)13-21(18)30)23(33)15-31-17(3)26-16(2)27-31/h12-13H,5-11,14-15H2,1-4H3. The van der Waals surface area contributed by atoms with Crippen LogP contribution in [0.4, 0.5) is 14.5 Å². The molecule has 0 bridgehead atoms. The van der Waals surface area contributed by atoms with Crippen molar-refractivity contribution in [3.63, 3.8) is 0 Å². The van der Waals surface area contributed by atoms with Gasteiger partial charge in [0.05, 0.1) is 5.69 Å². The molecule has 2 heterocycles. The Kier molecular flexibility index (Phi) is 8.12. The molecule has 180 valence electrons. The molecule has 1 aliphatic rings. The van der Waals surface area contributed by atoms with Crippen molar-refractivity contribution in [1.29, 1.82) is 0 Å². The molecule has 0 fully saturated rings. The van der Waals surface area contributed by atoms with Crippen LogP contribution in [0.15, 0.2) is 12.1 Å². The summed E-state index contributed by atoms with van der Waals surface area (Å²) in [5.74, 6) is -1.19. The average Bonchev–Trinajstić information content (AvgIpc) is 3.08. The van der Waals surface area contributed by atoms with E-state index in [0.29, 0.717) is 42.4 Å². The molecular formula is C23H32F2N6O2. The van der Waals surface area contributed by atoms with Crippen LogP contribution in [-0.4, -0.2) is 69.6 Å². The number of carbonyl (C=O) groups is 2. The first-order valence-electron chi connectivity index (χ1n) is 11.3. The number of fused-ring (bicyclic) bond motifs is 1. The molecule has 2 aromatic rings. The summed E-state index contributed by atoms with van der Waals surface area (Å²) >= 11 is 0. The van der Waals surface area contributed by atoms with Crippen LogP contribution in [0, 0.1) is 25.5 Å². The van der Waals surface area contributed by atoms with Crippen molar-refractivity contribution >= 4 is 17.5 Å². The number of aromatic nitrogens is 3. The van der Waals surface area contributed by atoms with E-state index in [2.05, 4.69) is 15.0 Å². The first-order valence-corrected chi connectivity index (χ1v) is 11.3. The maximum Gasteiger partial charge on any atom is 0.244 e. The Balaban J connectivity index is 1.98. The van der Waals surface area contributed by atoms with E-state index >= 15 is 0 Å². The Morgan fingerprint density at radius 2 is 1.67 bits per heavy atom. The van der Waals surface area contributed by atoms with Gasteiger partial charge in [-0.1, -0.05) is 6.92 Å². The Morgan fingerprint density at radius 3 is 2.30 bits per heavy atom. The molecule has 0 atom stereocenters. The van der Waals surface area contributed by atoms with E-state index in [-0.39, 0.29) is 31.3 Å². The van der Waals surface area contributed by atoms with Crippen LogP contribution in [0.5, 0.6) is 0 Å². The second kappa shape index (κ2) is 10.8. The predicted molar refractivity (Wildman–Crippen MR) is 121 cm³/mol. The molecule has 0 aliphatic carbocycles. The number of nitrogens with zero attached hydrogens (tertiary/aromatic N) is 6. The van der Waals surface area contributed by atoms with E-state index in [1.807, 2.05) is 7.05 Å². The summed E-state index contributed by atoms with van der Waals surface area (Å²) in [5.41, 5.74) is 0.721. The zero-order chi connectivity index (χ0) is 24.1. The first-order chi connectivity index (χ1) is 15.7. The zero-order valence-corrected chi connectivity index (χ0v) is 19.8. The molecule has 10 heteroatoms. The Bertz CT molecular complexity index is 1010. The third-order valence-corrected chi connectivity index (χ3v) is 5.87. The second-order valence-corrected chi connectivity index (χ2v) is 8.48. The second-order valence-electron chi connectivity index (χ2n) is 8.48. The molecule has 0 unspecified atom stereocenters. The van der Waals surface area contributed by atoms with Gasteiger partial charge in [-0.3, -0.25) is 9.59 Å². The van der Waals surface area contributed by atoms with Crippen molar-refractivity contribution in [1.82, 2.24) is 24.6 Å². The van der Waals surface area contributed by atoms with Gasteiger partial charge in [0.25, 0.3) is 0 Å². The largest absolute Gasteiger partial charge is 0.337 e. The van der Waals surface area contributed by atoms with Crippen LogP contribution < -0.4 is 4.90 Å². The lowest BCUT2D eigenvalue weighted by Crippen LogP contribution is -2.39. The number of hydrogen-bond donors (Lipinski definition) is 0. The van der Waals surface area contributed by atoms with E-state index in [9.17, 15) is 18.4 Å². The third-order valence-electron chi connectivity index (χ3n) is 5.87. The van der Waals surface area contributed by atoms with E-state index in [1.165, 1.54) is 4.90 Å². The van der Waals surface area contributed by atoms with E-state index in [1.54, 1.807) is 30.4 Å². The highest BCUT2D eigenvalue weighted by molar-refractivity contribution is 5.94. The van der Waals surface area contributed by atoms with Gasteiger partial charge in [0.15, 0.2) is 11.6 Å². The number of anilines is 1. The summed E-state index contributed by atoms with van der Waals surface area (Å²) in [4.78, 5) is 35.5. The summed E-state index contributed by atoms with van der Waals surface area (Å²) in [6.45, 7) is 7.69. The molecule has 33 heavy (non-hydrogen) atoms. The summed E-state index contributed by atoms with van der Waals surface area (Å²) < 4.78 is 30.0. The van der Waals surface area contributed by atoms with Crippen molar-refractivity contribution in [2.75, 3.05) is 38.1 Å². The fourth-order valence-corrected chi connectivity index (χ4v) is 4.10. The van der Waals surface area contributed by atoms with Gasteiger partial charge >= 0.3 is 0 Å². The fourth-order valence-electron chi connectivity index (χ4n) is 4.10. The monoisotopic (exact) mass is 462 g/mol. The van der Waals surface area contributed by atoms with Crippen molar-refractivity contribution in [3.8, 4) is 0 Å². The molecule has 8 nitrogen and oxygen atoms in total. The number of amides is 2. The van der Waals surface area contributed by atoms with Gasteiger partial charge < -0.3 is 14.7 Å². The smallest absolute Gasteiger partial charge is 0.244 e. The predicted octanol–water partition coefficient (Wildman–Crippen LogP) is 2.67. The van der Waals surface area contributed by atoms with Gasteiger partial charge in [0, 0.05) is 32.1 Å². The number of hydrogen-bond acceptors (Lipinski definition) is 5. The minimum Gasteiger partial charge on any atom is -0.337 e. The SMILES string of the molecule is CCC(=O)N1CCCN(C)CCCN(C(=O)Cn2nc(C)nc2C)Cc2cc(F)c(F)cc21. The van der Waals surface area contributed by atoms with Gasteiger partial charge in [-0.05, 0) is 58.5 Å². The maximum absolute atomic E-state index is 14.2.